The number of phenols is 1. The molecule has 1 amide bonds. The van der Waals surface area contributed by atoms with Crippen molar-refractivity contribution in [2.45, 2.75) is 24.5 Å². The van der Waals surface area contributed by atoms with Crippen molar-refractivity contribution in [3.63, 3.8) is 0 Å². The SMILES string of the molecule is CN(C)[C@@H]1C(O)=C(C(N)=O)C(=O)[C@@]2(O)C(O)=C3C(=O)c4c(O)ccc(-c5ccc(N)cc5)c4C[C@H]3C[C@@H]12. The lowest BCUT2D eigenvalue weighted by molar-refractivity contribution is -0.148. The van der Waals surface area contributed by atoms with Gasteiger partial charge in [-0.15, -0.1) is 0 Å². The Morgan fingerprint density at radius 2 is 1.70 bits per heavy atom. The number of fused-ring (bicyclic) bond motifs is 3. The van der Waals surface area contributed by atoms with Crippen LogP contribution in [-0.4, -0.2) is 68.5 Å². The third-order valence-electron chi connectivity index (χ3n) is 7.83. The number of primary amides is 1. The summed E-state index contributed by atoms with van der Waals surface area (Å²) in [5, 5.41) is 44.5. The van der Waals surface area contributed by atoms with Gasteiger partial charge in [-0.2, -0.15) is 0 Å². The number of ketones is 2. The van der Waals surface area contributed by atoms with Gasteiger partial charge in [-0.25, -0.2) is 0 Å². The van der Waals surface area contributed by atoms with Gasteiger partial charge in [0.15, 0.2) is 11.4 Å². The Balaban J connectivity index is 1.72. The Kier molecular flexibility index (Phi) is 5.43. The Hall–Kier alpha value is -4.15. The highest BCUT2D eigenvalue weighted by molar-refractivity contribution is 6.24. The molecule has 4 atom stereocenters. The highest BCUT2D eigenvalue weighted by Crippen LogP contribution is 2.53. The van der Waals surface area contributed by atoms with Crippen LogP contribution in [0.4, 0.5) is 5.69 Å². The van der Waals surface area contributed by atoms with Crippen LogP contribution in [0.3, 0.4) is 0 Å². The number of aliphatic hydroxyl groups is 3. The molecule has 0 bridgehead atoms. The number of phenolic OH excluding ortho intramolecular Hbond substituents is 1. The standard InChI is InChI=1S/C27H27N3O7/c1-30(2)21-16-10-12-9-15-14(11-3-5-13(28)6-4-11)7-8-17(31)19(15)22(32)18(12)24(34)27(16,37)25(35)20(23(21)33)26(29)36/h3-8,12,16,21,31,33-34,37H,9-10,28H2,1-2H3,(H2,29,36)/t12-,16-,21-,27-/m0/s1. The average molecular weight is 506 g/mol. The van der Waals surface area contributed by atoms with E-state index in [2.05, 4.69) is 0 Å². The van der Waals surface area contributed by atoms with Gasteiger partial charge in [-0.1, -0.05) is 18.2 Å². The third-order valence-corrected chi connectivity index (χ3v) is 7.83. The lowest BCUT2D eigenvalue weighted by atomic mass is 9.58. The largest absolute Gasteiger partial charge is 0.510 e. The normalized spacial score (nSPS) is 27.2. The first-order chi connectivity index (χ1) is 17.4. The number of allylic oxidation sites excluding steroid dienone is 1. The van der Waals surface area contributed by atoms with Crippen LogP contribution in [0, 0.1) is 11.8 Å². The van der Waals surface area contributed by atoms with Crippen molar-refractivity contribution in [1.82, 2.24) is 4.90 Å². The van der Waals surface area contributed by atoms with Crippen molar-refractivity contribution in [3.8, 4) is 16.9 Å². The minimum absolute atomic E-state index is 0.0304. The predicted molar refractivity (Wildman–Crippen MR) is 134 cm³/mol. The van der Waals surface area contributed by atoms with E-state index in [1.807, 2.05) is 0 Å². The molecule has 0 saturated carbocycles. The van der Waals surface area contributed by atoms with Gasteiger partial charge in [0.2, 0.25) is 5.78 Å². The van der Waals surface area contributed by atoms with Gasteiger partial charge in [0.25, 0.3) is 5.91 Å². The first kappa shape index (κ1) is 24.5. The number of likely N-dealkylation sites (N-methyl/N-ethyl adjacent to an activating group) is 1. The molecule has 0 unspecified atom stereocenters. The van der Waals surface area contributed by atoms with E-state index in [-0.39, 0.29) is 29.7 Å². The number of hydrogen-bond donors (Lipinski definition) is 6. The molecule has 0 aliphatic heterocycles. The van der Waals surface area contributed by atoms with Crippen LogP contribution in [0.1, 0.15) is 22.3 Å². The Morgan fingerprint density at radius 3 is 2.30 bits per heavy atom. The minimum Gasteiger partial charge on any atom is -0.510 e. The van der Waals surface area contributed by atoms with Crippen LogP contribution >= 0.6 is 0 Å². The van der Waals surface area contributed by atoms with Gasteiger partial charge in [-0.3, -0.25) is 19.3 Å². The maximum absolute atomic E-state index is 13.8. The zero-order valence-corrected chi connectivity index (χ0v) is 20.2. The molecule has 192 valence electrons. The van der Waals surface area contributed by atoms with Gasteiger partial charge < -0.3 is 31.9 Å². The molecule has 10 nitrogen and oxygen atoms in total. The molecule has 5 rings (SSSR count). The van der Waals surface area contributed by atoms with Crippen LogP contribution in [0.2, 0.25) is 0 Å². The number of aromatic hydroxyl groups is 1. The highest BCUT2D eigenvalue weighted by Gasteiger charge is 2.63. The molecule has 0 fully saturated rings. The fourth-order valence-corrected chi connectivity index (χ4v) is 6.18. The molecule has 0 spiro atoms. The molecule has 2 aromatic rings. The maximum Gasteiger partial charge on any atom is 0.255 e. The van der Waals surface area contributed by atoms with Gasteiger partial charge >= 0.3 is 0 Å². The molecule has 0 heterocycles. The van der Waals surface area contributed by atoms with Crippen molar-refractivity contribution in [1.29, 1.82) is 0 Å². The number of aliphatic hydroxyl groups excluding tert-OH is 2. The number of rotatable bonds is 3. The number of amides is 1. The Morgan fingerprint density at radius 1 is 1.05 bits per heavy atom. The van der Waals surface area contributed by atoms with E-state index in [1.54, 1.807) is 44.4 Å². The molecule has 0 radical (unpaired) electrons. The van der Waals surface area contributed by atoms with Crippen LogP contribution < -0.4 is 11.5 Å². The number of hydrogen-bond acceptors (Lipinski definition) is 9. The number of anilines is 1. The molecule has 3 aliphatic carbocycles. The van der Waals surface area contributed by atoms with Gasteiger partial charge in [-0.05, 0) is 67.7 Å². The van der Waals surface area contributed by atoms with Crippen molar-refractivity contribution >= 4 is 23.2 Å². The van der Waals surface area contributed by atoms with Crippen molar-refractivity contribution in [2.75, 3.05) is 19.8 Å². The fourth-order valence-electron chi connectivity index (χ4n) is 6.18. The zero-order chi connectivity index (χ0) is 27.0. The van der Waals surface area contributed by atoms with E-state index in [0.717, 1.165) is 5.56 Å². The number of Topliss-reactive ketones (excluding diaryl/α,β-unsaturated/α-hetero) is 2. The number of benzene rings is 2. The fraction of sp³-hybridized carbons (Fsp3) is 0.296. The summed E-state index contributed by atoms with van der Waals surface area (Å²) in [5.41, 5.74) is 10.0. The second-order valence-corrected chi connectivity index (χ2v) is 10.1. The first-order valence-electron chi connectivity index (χ1n) is 11.7. The van der Waals surface area contributed by atoms with Crippen LogP contribution in [0.5, 0.6) is 5.75 Å². The summed E-state index contributed by atoms with van der Waals surface area (Å²) >= 11 is 0. The molecule has 10 heteroatoms. The molecule has 3 aliphatic rings. The second kappa shape index (κ2) is 8.19. The molecule has 8 N–H and O–H groups in total. The lowest BCUT2D eigenvalue weighted by Crippen LogP contribution is -2.63. The summed E-state index contributed by atoms with van der Waals surface area (Å²) in [6.07, 6.45) is 0.241. The average Bonchev–Trinajstić information content (AvgIpc) is 2.82. The van der Waals surface area contributed by atoms with Gasteiger partial charge in [0.05, 0.1) is 11.6 Å². The summed E-state index contributed by atoms with van der Waals surface area (Å²) in [7, 11) is 3.18. The summed E-state index contributed by atoms with van der Waals surface area (Å²) in [6.45, 7) is 0. The topological polar surface area (TPSA) is 187 Å². The molecule has 0 aromatic heterocycles. The predicted octanol–water partition coefficient (Wildman–Crippen LogP) is 1.37. The second-order valence-electron chi connectivity index (χ2n) is 10.1. The van der Waals surface area contributed by atoms with Crippen LogP contribution in [0.25, 0.3) is 11.1 Å². The van der Waals surface area contributed by atoms with E-state index in [0.29, 0.717) is 16.8 Å². The summed E-state index contributed by atoms with van der Waals surface area (Å²) < 4.78 is 0. The van der Waals surface area contributed by atoms with E-state index < -0.39 is 58.0 Å². The minimum atomic E-state index is -2.66. The van der Waals surface area contributed by atoms with Crippen molar-refractivity contribution in [2.24, 2.45) is 17.6 Å². The van der Waals surface area contributed by atoms with Gasteiger partial charge in [0, 0.05) is 17.2 Å². The van der Waals surface area contributed by atoms with Crippen LogP contribution in [0.15, 0.2) is 59.1 Å². The molecule has 37 heavy (non-hydrogen) atoms. The molecular weight excluding hydrogens is 478 g/mol. The summed E-state index contributed by atoms with van der Waals surface area (Å²) in [6, 6.07) is 9.07. The molecular formula is C27H27N3O7. The zero-order valence-electron chi connectivity index (χ0n) is 20.2. The van der Waals surface area contributed by atoms with E-state index in [1.165, 1.54) is 11.0 Å². The third kappa shape index (κ3) is 3.29. The lowest BCUT2D eigenvalue weighted by Gasteiger charge is -2.50. The summed E-state index contributed by atoms with van der Waals surface area (Å²) in [4.78, 5) is 40.7. The number of nitrogens with zero attached hydrogens (tertiary/aromatic N) is 1. The quantitative estimate of drug-likeness (QED) is 0.264. The number of nitrogens with two attached hydrogens (primary N) is 2. The van der Waals surface area contributed by atoms with Crippen molar-refractivity contribution < 1.29 is 34.8 Å². The Labute approximate surface area is 212 Å². The van der Waals surface area contributed by atoms with E-state index in [4.69, 9.17) is 11.5 Å². The number of nitrogen functional groups attached to an aromatic ring is 1. The Bertz CT molecular complexity index is 1440. The van der Waals surface area contributed by atoms with E-state index in [9.17, 15) is 34.8 Å². The molecule has 0 saturated heterocycles. The molecule has 2 aromatic carbocycles. The first-order valence-corrected chi connectivity index (χ1v) is 11.7. The monoisotopic (exact) mass is 505 g/mol. The smallest absolute Gasteiger partial charge is 0.255 e. The number of carbonyl (C=O) groups is 3. The number of carbonyl (C=O) groups excluding carboxylic acids is 3. The summed E-state index contributed by atoms with van der Waals surface area (Å²) in [5.74, 6) is -6.74. The maximum atomic E-state index is 13.8. The highest BCUT2D eigenvalue weighted by atomic mass is 16.3. The van der Waals surface area contributed by atoms with Gasteiger partial charge in [0.1, 0.15) is 22.8 Å². The van der Waals surface area contributed by atoms with E-state index >= 15 is 0 Å². The van der Waals surface area contributed by atoms with Crippen LogP contribution in [-0.2, 0) is 16.0 Å². The van der Waals surface area contributed by atoms with Crippen molar-refractivity contribution in [3.05, 3.63) is 70.2 Å².